The number of ketones is 1. The van der Waals surface area contributed by atoms with Crippen LogP contribution in [0.1, 0.15) is 31.1 Å². The molecule has 0 aliphatic rings. The molecule has 0 aromatic heterocycles. The van der Waals surface area contributed by atoms with Crippen LogP contribution in [0.25, 0.3) is 0 Å². The maximum atomic E-state index is 12.6. The van der Waals surface area contributed by atoms with E-state index in [0.717, 1.165) is 0 Å². The van der Waals surface area contributed by atoms with Crippen LogP contribution in [0.15, 0.2) is 24.3 Å². The van der Waals surface area contributed by atoms with E-state index in [1.54, 1.807) is 20.8 Å². The van der Waals surface area contributed by atoms with Gasteiger partial charge in [0, 0.05) is 5.56 Å². The minimum absolute atomic E-state index is 0.318. The molecule has 4 heteroatoms. The first-order chi connectivity index (χ1) is 7.80. The van der Waals surface area contributed by atoms with Crippen molar-refractivity contribution in [2.45, 2.75) is 20.8 Å². The quantitative estimate of drug-likeness (QED) is 0.600. The lowest BCUT2D eigenvalue weighted by molar-refractivity contribution is -0.151. The molecule has 0 atom stereocenters. The second kappa shape index (κ2) is 5.08. The van der Waals surface area contributed by atoms with Crippen molar-refractivity contribution in [2.24, 2.45) is 5.41 Å². The van der Waals surface area contributed by atoms with Crippen LogP contribution in [0.2, 0.25) is 0 Å². The summed E-state index contributed by atoms with van der Waals surface area (Å²) in [5.41, 5.74) is -0.309. The van der Waals surface area contributed by atoms with Crippen LogP contribution < -0.4 is 0 Å². The fourth-order valence-electron chi connectivity index (χ4n) is 1.07. The van der Waals surface area contributed by atoms with Crippen LogP contribution in [-0.4, -0.2) is 18.4 Å². The molecule has 0 saturated carbocycles. The highest BCUT2D eigenvalue weighted by Gasteiger charge is 2.23. The lowest BCUT2D eigenvalue weighted by atomic mass is 9.97. The average Bonchev–Trinajstić information content (AvgIpc) is 2.25. The van der Waals surface area contributed by atoms with Crippen molar-refractivity contribution < 1.29 is 18.7 Å². The first-order valence-corrected chi connectivity index (χ1v) is 5.26. The van der Waals surface area contributed by atoms with E-state index in [-0.39, 0.29) is 12.4 Å². The van der Waals surface area contributed by atoms with Gasteiger partial charge < -0.3 is 4.74 Å². The second-order valence-corrected chi connectivity index (χ2v) is 4.76. The number of Topliss-reactive ketones (excluding diaryl/α,β-unsaturated/α-hetero) is 1. The smallest absolute Gasteiger partial charge is 0.311 e. The summed E-state index contributed by atoms with van der Waals surface area (Å²) in [5, 5.41) is 0. The molecule has 0 aliphatic heterocycles. The first-order valence-electron chi connectivity index (χ1n) is 5.26. The zero-order valence-electron chi connectivity index (χ0n) is 10.1. The van der Waals surface area contributed by atoms with Crippen molar-refractivity contribution in [3.8, 4) is 0 Å². The molecule has 0 spiro atoms. The molecule has 1 rings (SSSR count). The Kier molecular flexibility index (Phi) is 3.99. The van der Waals surface area contributed by atoms with E-state index in [9.17, 15) is 14.0 Å². The van der Waals surface area contributed by atoms with Crippen molar-refractivity contribution in [1.29, 1.82) is 0 Å². The summed E-state index contributed by atoms with van der Waals surface area (Å²) in [5.74, 6) is -1.19. The number of carbonyl (C=O) groups excluding carboxylic acids is 2. The van der Waals surface area contributed by atoms with Crippen LogP contribution in [0.5, 0.6) is 0 Å². The van der Waals surface area contributed by atoms with E-state index in [1.165, 1.54) is 24.3 Å². The minimum atomic E-state index is -0.636. The molecule has 0 heterocycles. The molecule has 0 fully saturated rings. The van der Waals surface area contributed by atoms with Gasteiger partial charge in [0.2, 0.25) is 0 Å². The molecule has 0 saturated heterocycles. The molecule has 1 aromatic rings. The number of ether oxygens (including phenoxy) is 1. The molecular weight excluding hydrogens is 223 g/mol. The highest BCUT2D eigenvalue weighted by Crippen LogP contribution is 2.15. The summed E-state index contributed by atoms with van der Waals surface area (Å²) in [6, 6.07) is 5.11. The molecule has 0 radical (unpaired) electrons. The van der Waals surface area contributed by atoms with Crippen LogP contribution in [0.3, 0.4) is 0 Å². The highest BCUT2D eigenvalue weighted by atomic mass is 19.1. The number of hydrogen-bond acceptors (Lipinski definition) is 3. The Bertz CT molecular complexity index is 415. The third-order valence-corrected chi connectivity index (χ3v) is 2.11. The average molecular weight is 238 g/mol. The van der Waals surface area contributed by atoms with Gasteiger partial charge in [-0.25, -0.2) is 4.39 Å². The van der Waals surface area contributed by atoms with Crippen molar-refractivity contribution in [3.05, 3.63) is 35.6 Å². The van der Waals surface area contributed by atoms with Gasteiger partial charge in [0.1, 0.15) is 5.82 Å². The highest BCUT2D eigenvalue weighted by molar-refractivity contribution is 5.98. The van der Waals surface area contributed by atoms with Crippen LogP contribution in [-0.2, 0) is 9.53 Å². The maximum absolute atomic E-state index is 12.6. The van der Waals surface area contributed by atoms with Crippen molar-refractivity contribution >= 4 is 11.8 Å². The molecule has 0 aliphatic carbocycles. The summed E-state index contributed by atoms with van der Waals surface area (Å²) in [6.07, 6.45) is 0. The van der Waals surface area contributed by atoms with Gasteiger partial charge in [-0.2, -0.15) is 0 Å². The summed E-state index contributed by atoms with van der Waals surface area (Å²) in [6.45, 7) is 4.80. The Hall–Kier alpha value is -1.71. The molecule has 17 heavy (non-hydrogen) atoms. The topological polar surface area (TPSA) is 43.4 Å². The summed E-state index contributed by atoms with van der Waals surface area (Å²) in [7, 11) is 0. The Balaban J connectivity index is 2.56. The van der Waals surface area contributed by atoms with Crippen LogP contribution >= 0.6 is 0 Å². The number of hydrogen-bond donors (Lipinski definition) is 0. The van der Waals surface area contributed by atoms with Crippen molar-refractivity contribution in [3.63, 3.8) is 0 Å². The van der Waals surface area contributed by atoms with Gasteiger partial charge in [-0.15, -0.1) is 0 Å². The lowest BCUT2D eigenvalue weighted by Gasteiger charge is -2.15. The number of carbonyl (C=O) groups is 2. The minimum Gasteiger partial charge on any atom is -0.457 e. The lowest BCUT2D eigenvalue weighted by Crippen LogP contribution is -2.25. The van der Waals surface area contributed by atoms with E-state index < -0.39 is 17.2 Å². The summed E-state index contributed by atoms with van der Waals surface area (Å²) >= 11 is 0. The van der Waals surface area contributed by atoms with E-state index in [0.29, 0.717) is 5.56 Å². The van der Waals surface area contributed by atoms with Gasteiger partial charge in [-0.3, -0.25) is 9.59 Å². The van der Waals surface area contributed by atoms with Gasteiger partial charge in [0.25, 0.3) is 0 Å². The van der Waals surface area contributed by atoms with Crippen LogP contribution in [0, 0.1) is 11.2 Å². The summed E-state index contributed by atoms with van der Waals surface area (Å²) < 4.78 is 17.5. The van der Waals surface area contributed by atoms with Gasteiger partial charge in [-0.1, -0.05) is 0 Å². The third-order valence-electron chi connectivity index (χ3n) is 2.11. The van der Waals surface area contributed by atoms with E-state index >= 15 is 0 Å². The molecule has 0 N–H and O–H groups in total. The Morgan fingerprint density at radius 3 is 2.18 bits per heavy atom. The standard InChI is InChI=1S/C13H15FO3/c1-13(2,3)12(16)17-8-11(15)9-4-6-10(14)7-5-9/h4-7H,8H2,1-3H3. The second-order valence-electron chi connectivity index (χ2n) is 4.76. The van der Waals surface area contributed by atoms with Crippen molar-refractivity contribution in [2.75, 3.05) is 6.61 Å². The largest absolute Gasteiger partial charge is 0.457 e. The number of esters is 1. The Morgan fingerprint density at radius 1 is 1.18 bits per heavy atom. The number of rotatable bonds is 3. The Labute approximate surface area is 99.6 Å². The van der Waals surface area contributed by atoms with Gasteiger partial charge in [0.05, 0.1) is 5.41 Å². The van der Waals surface area contributed by atoms with E-state index in [1.807, 2.05) is 0 Å². The third kappa shape index (κ3) is 3.98. The molecule has 0 bridgehead atoms. The fourth-order valence-corrected chi connectivity index (χ4v) is 1.07. The Morgan fingerprint density at radius 2 is 1.71 bits per heavy atom. The molecule has 0 unspecified atom stereocenters. The van der Waals surface area contributed by atoms with E-state index in [2.05, 4.69) is 0 Å². The number of halogens is 1. The summed E-state index contributed by atoms with van der Waals surface area (Å²) in [4.78, 5) is 23.0. The molecule has 1 aromatic carbocycles. The molecular formula is C13H15FO3. The monoisotopic (exact) mass is 238 g/mol. The predicted molar refractivity (Wildman–Crippen MR) is 61.1 cm³/mol. The van der Waals surface area contributed by atoms with Crippen molar-refractivity contribution in [1.82, 2.24) is 0 Å². The maximum Gasteiger partial charge on any atom is 0.311 e. The predicted octanol–water partition coefficient (Wildman–Crippen LogP) is 2.60. The first kappa shape index (κ1) is 13.4. The zero-order valence-corrected chi connectivity index (χ0v) is 10.1. The molecule has 3 nitrogen and oxygen atoms in total. The van der Waals surface area contributed by atoms with Gasteiger partial charge >= 0.3 is 5.97 Å². The zero-order chi connectivity index (χ0) is 13.1. The van der Waals surface area contributed by atoms with Crippen LogP contribution in [0.4, 0.5) is 4.39 Å². The normalized spacial score (nSPS) is 11.1. The molecule has 92 valence electrons. The van der Waals surface area contributed by atoms with Gasteiger partial charge in [0.15, 0.2) is 12.4 Å². The fraction of sp³-hybridized carbons (Fsp3) is 0.385. The van der Waals surface area contributed by atoms with Gasteiger partial charge in [-0.05, 0) is 45.0 Å². The molecule has 0 amide bonds. The SMILES string of the molecule is CC(C)(C)C(=O)OCC(=O)c1ccc(F)cc1. The number of benzene rings is 1. The van der Waals surface area contributed by atoms with E-state index in [4.69, 9.17) is 4.74 Å².